The van der Waals surface area contributed by atoms with Gasteiger partial charge in [0.1, 0.15) is 23.0 Å². The van der Waals surface area contributed by atoms with Crippen LogP contribution in [0.5, 0.6) is 23.0 Å². The second-order valence-corrected chi connectivity index (χ2v) is 12.5. The molecular formula is C36H42O4. The topological polar surface area (TPSA) is 58.9 Å². The predicted octanol–water partition coefficient (Wildman–Crippen LogP) is 8.83. The summed E-state index contributed by atoms with van der Waals surface area (Å²) in [7, 11) is 3.30. The molecule has 2 N–H and O–H groups in total. The molecule has 4 aromatic carbocycles. The zero-order valence-corrected chi connectivity index (χ0v) is 25.1. The van der Waals surface area contributed by atoms with E-state index in [0.29, 0.717) is 24.3 Å². The average molecular weight is 539 g/mol. The lowest BCUT2D eigenvalue weighted by atomic mass is 9.81. The van der Waals surface area contributed by atoms with Gasteiger partial charge in [-0.15, -0.1) is 0 Å². The summed E-state index contributed by atoms with van der Waals surface area (Å²) >= 11 is 0. The molecule has 0 aliphatic carbocycles. The highest BCUT2D eigenvalue weighted by molar-refractivity contribution is 5.79. The molecule has 0 amide bonds. The monoisotopic (exact) mass is 538 g/mol. The second-order valence-electron chi connectivity index (χ2n) is 12.5. The van der Waals surface area contributed by atoms with Gasteiger partial charge in [-0.3, -0.25) is 0 Å². The highest BCUT2D eigenvalue weighted by Gasteiger charge is 2.23. The van der Waals surface area contributed by atoms with Gasteiger partial charge in [0.2, 0.25) is 0 Å². The summed E-state index contributed by atoms with van der Waals surface area (Å²) in [5.41, 5.74) is 6.91. The van der Waals surface area contributed by atoms with Gasteiger partial charge in [-0.05, 0) is 70.2 Å². The van der Waals surface area contributed by atoms with Crippen LogP contribution in [0.3, 0.4) is 0 Å². The van der Waals surface area contributed by atoms with Gasteiger partial charge < -0.3 is 19.7 Å². The summed E-state index contributed by atoms with van der Waals surface area (Å²) in [4.78, 5) is 0. The molecule has 0 saturated heterocycles. The molecule has 0 atom stereocenters. The maximum absolute atomic E-state index is 11.5. The van der Waals surface area contributed by atoms with Crippen LogP contribution in [0.2, 0.25) is 0 Å². The Morgan fingerprint density at radius 3 is 1.20 bits per heavy atom. The molecule has 4 heteroatoms. The highest BCUT2D eigenvalue weighted by Crippen LogP contribution is 2.43. The van der Waals surface area contributed by atoms with E-state index in [1.54, 1.807) is 14.2 Å². The van der Waals surface area contributed by atoms with Gasteiger partial charge in [0.25, 0.3) is 0 Å². The summed E-state index contributed by atoms with van der Waals surface area (Å²) in [6.45, 7) is 13.0. The van der Waals surface area contributed by atoms with Crippen molar-refractivity contribution in [3.05, 3.63) is 95.1 Å². The van der Waals surface area contributed by atoms with Crippen molar-refractivity contribution in [2.75, 3.05) is 14.2 Å². The smallest absolute Gasteiger partial charge is 0.126 e. The Kier molecular flexibility index (Phi) is 8.20. The molecule has 40 heavy (non-hydrogen) atoms. The van der Waals surface area contributed by atoms with E-state index in [0.717, 1.165) is 44.5 Å². The van der Waals surface area contributed by atoms with Crippen molar-refractivity contribution < 1.29 is 19.7 Å². The highest BCUT2D eigenvalue weighted by atomic mass is 16.5. The molecule has 210 valence electrons. The second kappa shape index (κ2) is 11.3. The number of hydrogen-bond acceptors (Lipinski definition) is 4. The molecule has 0 spiro atoms. The van der Waals surface area contributed by atoms with Crippen LogP contribution in [0.4, 0.5) is 0 Å². The van der Waals surface area contributed by atoms with E-state index >= 15 is 0 Å². The van der Waals surface area contributed by atoms with Gasteiger partial charge in [0, 0.05) is 22.3 Å². The zero-order valence-electron chi connectivity index (χ0n) is 25.1. The Hall–Kier alpha value is -3.92. The molecule has 0 fully saturated rings. The van der Waals surface area contributed by atoms with E-state index < -0.39 is 0 Å². The number of para-hydroxylation sites is 2. The number of aryl methyl sites for hydroxylation is 2. The van der Waals surface area contributed by atoms with Crippen molar-refractivity contribution in [3.63, 3.8) is 0 Å². The van der Waals surface area contributed by atoms with Gasteiger partial charge in [0.15, 0.2) is 0 Å². The molecule has 4 rings (SSSR count). The van der Waals surface area contributed by atoms with Crippen molar-refractivity contribution in [2.45, 2.75) is 65.2 Å². The first-order chi connectivity index (χ1) is 18.8. The summed E-state index contributed by atoms with van der Waals surface area (Å²) in [6.07, 6.45) is 1.12. The van der Waals surface area contributed by atoms with Crippen molar-refractivity contribution >= 4 is 0 Å². The van der Waals surface area contributed by atoms with E-state index in [-0.39, 0.29) is 22.3 Å². The van der Waals surface area contributed by atoms with E-state index in [2.05, 4.69) is 65.8 Å². The third kappa shape index (κ3) is 5.96. The maximum Gasteiger partial charge on any atom is 0.126 e. The van der Waals surface area contributed by atoms with Crippen LogP contribution in [0.15, 0.2) is 72.8 Å². The first-order valence-corrected chi connectivity index (χ1v) is 13.8. The van der Waals surface area contributed by atoms with Crippen molar-refractivity contribution in [1.29, 1.82) is 0 Å². The van der Waals surface area contributed by atoms with E-state index in [1.807, 2.05) is 48.5 Å². The molecule has 0 saturated carbocycles. The lowest BCUT2D eigenvalue weighted by Crippen LogP contribution is -2.13. The fourth-order valence-electron chi connectivity index (χ4n) is 5.05. The van der Waals surface area contributed by atoms with Gasteiger partial charge >= 0.3 is 0 Å². The third-order valence-electron chi connectivity index (χ3n) is 7.57. The number of phenols is 2. The van der Waals surface area contributed by atoms with Crippen molar-refractivity contribution in [1.82, 2.24) is 0 Å². The lowest BCUT2D eigenvalue weighted by molar-refractivity contribution is 0.415. The SMILES string of the molecule is COc1ccccc1-c1cc(C(C)(C)C)cc(CCc2cc(C(C)(C)C)cc(-c3ccccc3OC)c2O)c1O. The summed E-state index contributed by atoms with van der Waals surface area (Å²) in [6, 6.07) is 23.9. The molecule has 0 aliphatic rings. The lowest BCUT2D eigenvalue weighted by Gasteiger charge is -2.24. The van der Waals surface area contributed by atoms with Gasteiger partial charge in [0.05, 0.1) is 14.2 Å². The van der Waals surface area contributed by atoms with Crippen molar-refractivity contribution in [3.8, 4) is 45.3 Å². The number of aromatic hydroxyl groups is 2. The van der Waals surface area contributed by atoms with Crippen LogP contribution in [-0.4, -0.2) is 24.4 Å². The molecule has 0 radical (unpaired) electrons. The molecule has 4 aromatic rings. The van der Waals surface area contributed by atoms with Crippen molar-refractivity contribution in [2.24, 2.45) is 0 Å². The van der Waals surface area contributed by atoms with E-state index in [1.165, 1.54) is 0 Å². The minimum atomic E-state index is -0.120. The van der Waals surface area contributed by atoms with E-state index in [4.69, 9.17) is 9.47 Å². The number of phenolic OH excluding ortho intramolecular Hbond substituents is 2. The molecule has 4 nitrogen and oxygen atoms in total. The predicted molar refractivity (Wildman–Crippen MR) is 165 cm³/mol. The third-order valence-corrected chi connectivity index (χ3v) is 7.57. The fourth-order valence-corrected chi connectivity index (χ4v) is 5.05. The van der Waals surface area contributed by atoms with Crippen LogP contribution in [0, 0.1) is 0 Å². The molecule has 0 bridgehead atoms. The molecule has 0 aliphatic heterocycles. The number of ether oxygens (including phenoxy) is 2. The number of rotatable bonds is 7. The largest absolute Gasteiger partial charge is 0.507 e. The quantitative estimate of drug-likeness (QED) is 0.247. The maximum atomic E-state index is 11.5. The standard InChI is InChI=1S/C36H42O4/c1-35(2,3)25-19-23(33(37)29(21-25)27-13-9-11-15-31(27)39-7)17-18-24-20-26(36(4,5)6)22-30(34(24)38)28-14-10-12-16-32(28)40-8/h9-16,19-22,37-38H,17-18H2,1-8H3. The van der Waals surface area contributed by atoms with Gasteiger partial charge in [-0.25, -0.2) is 0 Å². The van der Waals surface area contributed by atoms with E-state index in [9.17, 15) is 10.2 Å². The van der Waals surface area contributed by atoms with Crippen LogP contribution in [0.1, 0.15) is 63.8 Å². The van der Waals surface area contributed by atoms with Crippen LogP contribution < -0.4 is 9.47 Å². The first-order valence-electron chi connectivity index (χ1n) is 13.8. The number of methoxy groups -OCH3 is 2. The molecule has 0 unspecified atom stereocenters. The van der Waals surface area contributed by atoms with Crippen LogP contribution in [0.25, 0.3) is 22.3 Å². The van der Waals surface area contributed by atoms with Gasteiger partial charge in [-0.1, -0.05) is 90.1 Å². The Balaban J connectivity index is 1.83. The average Bonchev–Trinajstić information content (AvgIpc) is 2.91. The fraction of sp³-hybridized carbons (Fsp3) is 0.333. The minimum absolute atomic E-state index is 0.120. The van der Waals surface area contributed by atoms with Crippen LogP contribution >= 0.6 is 0 Å². The number of benzene rings is 4. The Morgan fingerprint density at radius 2 is 0.875 bits per heavy atom. The normalized spacial score (nSPS) is 11.9. The summed E-state index contributed by atoms with van der Waals surface area (Å²) < 4.78 is 11.3. The Morgan fingerprint density at radius 1 is 0.525 bits per heavy atom. The first kappa shape index (κ1) is 29.1. The Bertz CT molecular complexity index is 1390. The Labute approximate surface area is 239 Å². The minimum Gasteiger partial charge on any atom is -0.507 e. The molecule has 0 heterocycles. The van der Waals surface area contributed by atoms with Crippen LogP contribution in [-0.2, 0) is 23.7 Å². The summed E-state index contributed by atoms with van der Waals surface area (Å²) in [5, 5.41) is 23.1. The zero-order chi connectivity index (χ0) is 29.2. The number of hydrogen-bond donors (Lipinski definition) is 2. The summed E-state index contributed by atoms with van der Waals surface area (Å²) in [5.74, 6) is 1.92. The molecular weight excluding hydrogens is 496 g/mol. The van der Waals surface area contributed by atoms with Gasteiger partial charge in [-0.2, -0.15) is 0 Å². The molecule has 0 aromatic heterocycles.